The Morgan fingerprint density at radius 2 is 1.76 bits per heavy atom. The van der Waals surface area contributed by atoms with E-state index < -0.39 is 11.6 Å². The molecule has 0 saturated carbocycles. The molecule has 94 valence electrons. The Morgan fingerprint density at radius 3 is 2.29 bits per heavy atom. The molecule has 1 aliphatic heterocycles. The van der Waals surface area contributed by atoms with E-state index in [2.05, 4.69) is 13.8 Å². The summed E-state index contributed by atoms with van der Waals surface area (Å²) >= 11 is 0. The number of nitrogens with two attached hydrogens (primary N) is 1. The third-order valence-electron chi connectivity index (χ3n) is 3.49. The zero-order chi connectivity index (χ0) is 12.6. The van der Waals surface area contributed by atoms with Gasteiger partial charge in [0.25, 0.3) is 0 Å². The van der Waals surface area contributed by atoms with Gasteiger partial charge in [0, 0.05) is 19.2 Å². The van der Waals surface area contributed by atoms with Crippen molar-refractivity contribution in [1.29, 1.82) is 0 Å². The maximum Gasteiger partial charge on any atom is 0.151 e. The Kier molecular flexibility index (Phi) is 2.98. The third kappa shape index (κ3) is 2.51. The van der Waals surface area contributed by atoms with E-state index >= 15 is 0 Å². The van der Waals surface area contributed by atoms with Crippen molar-refractivity contribution in [3.05, 3.63) is 23.8 Å². The molecule has 1 aromatic carbocycles. The highest BCUT2D eigenvalue weighted by molar-refractivity contribution is 5.68. The van der Waals surface area contributed by atoms with Gasteiger partial charge in [0.05, 0.1) is 11.4 Å². The summed E-state index contributed by atoms with van der Waals surface area (Å²) in [5.41, 5.74) is 6.52. The van der Waals surface area contributed by atoms with Gasteiger partial charge in [-0.25, -0.2) is 8.78 Å². The van der Waals surface area contributed by atoms with Crippen molar-refractivity contribution in [3.8, 4) is 0 Å². The molecule has 0 amide bonds. The maximum absolute atomic E-state index is 13.7. The molecule has 0 aliphatic carbocycles. The van der Waals surface area contributed by atoms with Crippen molar-refractivity contribution in [2.24, 2.45) is 5.41 Å². The number of piperidine rings is 1. The SMILES string of the molecule is CC1(C)CCN(c2c(N)cc(F)cc2F)CC1. The Bertz CT molecular complexity index is 396. The van der Waals surface area contributed by atoms with Crippen molar-refractivity contribution >= 4 is 11.4 Å². The number of nitrogen functional groups attached to an aromatic ring is 1. The molecule has 4 heteroatoms. The summed E-state index contributed by atoms with van der Waals surface area (Å²) in [6, 6.07) is 2.07. The van der Waals surface area contributed by atoms with Crippen LogP contribution in [0.15, 0.2) is 12.1 Å². The molecule has 0 atom stereocenters. The molecular formula is C13H18F2N2. The van der Waals surface area contributed by atoms with Crippen LogP contribution in [0.2, 0.25) is 0 Å². The number of benzene rings is 1. The molecule has 1 aliphatic rings. The molecule has 1 heterocycles. The van der Waals surface area contributed by atoms with Gasteiger partial charge in [-0.2, -0.15) is 0 Å². The van der Waals surface area contributed by atoms with Crippen LogP contribution in [0.5, 0.6) is 0 Å². The van der Waals surface area contributed by atoms with Crippen LogP contribution in [-0.2, 0) is 0 Å². The molecule has 1 fully saturated rings. The van der Waals surface area contributed by atoms with Gasteiger partial charge in [0.1, 0.15) is 5.82 Å². The van der Waals surface area contributed by atoms with Gasteiger partial charge in [-0.15, -0.1) is 0 Å². The molecule has 0 bridgehead atoms. The van der Waals surface area contributed by atoms with E-state index in [1.165, 1.54) is 6.07 Å². The predicted molar refractivity (Wildman–Crippen MR) is 66.0 cm³/mol. The van der Waals surface area contributed by atoms with Crippen LogP contribution in [0.1, 0.15) is 26.7 Å². The largest absolute Gasteiger partial charge is 0.397 e. The van der Waals surface area contributed by atoms with E-state index in [0.29, 0.717) is 11.1 Å². The second-order valence-electron chi connectivity index (χ2n) is 5.48. The number of nitrogens with zero attached hydrogens (tertiary/aromatic N) is 1. The van der Waals surface area contributed by atoms with Gasteiger partial charge >= 0.3 is 0 Å². The van der Waals surface area contributed by atoms with Gasteiger partial charge < -0.3 is 10.6 Å². The molecule has 0 radical (unpaired) electrons. The lowest BCUT2D eigenvalue weighted by Crippen LogP contribution is -2.38. The quantitative estimate of drug-likeness (QED) is 0.764. The van der Waals surface area contributed by atoms with Crippen molar-refractivity contribution < 1.29 is 8.78 Å². The van der Waals surface area contributed by atoms with E-state index in [-0.39, 0.29) is 5.69 Å². The molecule has 0 spiro atoms. The second-order valence-corrected chi connectivity index (χ2v) is 5.48. The lowest BCUT2D eigenvalue weighted by atomic mass is 9.82. The third-order valence-corrected chi connectivity index (χ3v) is 3.49. The molecule has 2 nitrogen and oxygen atoms in total. The fraction of sp³-hybridized carbons (Fsp3) is 0.538. The fourth-order valence-corrected chi connectivity index (χ4v) is 2.26. The van der Waals surface area contributed by atoms with E-state index in [4.69, 9.17) is 5.73 Å². The summed E-state index contributed by atoms with van der Waals surface area (Å²) in [5.74, 6) is -1.19. The molecule has 2 N–H and O–H groups in total. The topological polar surface area (TPSA) is 29.3 Å². The van der Waals surface area contributed by atoms with E-state index in [9.17, 15) is 8.78 Å². The minimum Gasteiger partial charge on any atom is -0.397 e. The Morgan fingerprint density at radius 1 is 1.18 bits per heavy atom. The number of hydrogen-bond donors (Lipinski definition) is 1. The lowest BCUT2D eigenvalue weighted by molar-refractivity contribution is 0.279. The molecule has 17 heavy (non-hydrogen) atoms. The normalized spacial score (nSPS) is 19.4. The number of hydrogen-bond acceptors (Lipinski definition) is 2. The van der Waals surface area contributed by atoms with E-state index in [0.717, 1.165) is 32.0 Å². The van der Waals surface area contributed by atoms with E-state index in [1.54, 1.807) is 0 Å². The molecule has 1 saturated heterocycles. The fourth-order valence-electron chi connectivity index (χ4n) is 2.26. The van der Waals surface area contributed by atoms with Crippen LogP contribution >= 0.6 is 0 Å². The lowest BCUT2D eigenvalue weighted by Gasteiger charge is -2.38. The standard InChI is InChI=1S/C13H18F2N2/c1-13(2)3-5-17(6-4-13)12-10(15)7-9(14)8-11(12)16/h7-8H,3-6,16H2,1-2H3. The molecule has 1 aromatic rings. The minimum atomic E-state index is -0.624. The van der Waals surface area contributed by atoms with Crippen molar-refractivity contribution in [2.45, 2.75) is 26.7 Å². The number of rotatable bonds is 1. The summed E-state index contributed by atoms with van der Waals surface area (Å²) in [4.78, 5) is 1.91. The summed E-state index contributed by atoms with van der Waals surface area (Å²) in [6.45, 7) is 5.93. The second kappa shape index (κ2) is 4.17. The first kappa shape index (κ1) is 12.1. The summed E-state index contributed by atoms with van der Waals surface area (Å²) < 4.78 is 26.7. The molecule has 0 unspecified atom stereocenters. The highest BCUT2D eigenvalue weighted by atomic mass is 19.1. The van der Waals surface area contributed by atoms with Crippen LogP contribution in [0.25, 0.3) is 0 Å². The summed E-state index contributed by atoms with van der Waals surface area (Å²) in [7, 11) is 0. The summed E-state index contributed by atoms with van der Waals surface area (Å²) in [5, 5.41) is 0. The van der Waals surface area contributed by atoms with Crippen LogP contribution in [0.4, 0.5) is 20.2 Å². The van der Waals surface area contributed by atoms with Crippen LogP contribution in [-0.4, -0.2) is 13.1 Å². The van der Waals surface area contributed by atoms with Crippen molar-refractivity contribution in [1.82, 2.24) is 0 Å². The first-order chi connectivity index (χ1) is 7.89. The van der Waals surface area contributed by atoms with Crippen LogP contribution in [0.3, 0.4) is 0 Å². The average molecular weight is 240 g/mol. The first-order valence-electron chi connectivity index (χ1n) is 5.88. The Hall–Kier alpha value is -1.32. The maximum atomic E-state index is 13.7. The zero-order valence-electron chi connectivity index (χ0n) is 10.3. The van der Waals surface area contributed by atoms with Gasteiger partial charge in [-0.05, 0) is 24.3 Å². The zero-order valence-corrected chi connectivity index (χ0v) is 10.3. The monoisotopic (exact) mass is 240 g/mol. The van der Waals surface area contributed by atoms with Gasteiger partial charge in [0.15, 0.2) is 5.82 Å². The van der Waals surface area contributed by atoms with Gasteiger partial charge in [0.2, 0.25) is 0 Å². The van der Waals surface area contributed by atoms with Crippen molar-refractivity contribution in [2.75, 3.05) is 23.7 Å². The van der Waals surface area contributed by atoms with Crippen LogP contribution in [0, 0.1) is 17.0 Å². The Labute approximate surface area is 100 Å². The smallest absolute Gasteiger partial charge is 0.151 e. The average Bonchev–Trinajstić information content (AvgIpc) is 2.19. The number of anilines is 2. The molecular weight excluding hydrogens is 222 g/mol. The molecule has 0 aromatic heterocycles. The Balaban J connectivity index is 2.24. The predicted octanol–water partition coefficient (Wildman–Crippen LogP) is 3.17. The highest BCUT2D eigenvalue weighted by Gasteiger charge is 2.27. The van der Waals surface area contributed by atoms with Gasteiger partial charge in [-0.1, -0.05) is 13.8 Å². The van der Waals surface area contributed by atoms with Gasteiger partial charge in [-0.3, -0.25) is 0 Å². The minimum absolute atomic E-state index is 0.183. The van der Waals surface area contributed by atoms with Crippen LogP contribution < -0.4 is 10.6 Å². The van der Waals surface area contributed by atoms with Crippen molar-refractivity contribution in [3.63, 3.8) is 0 Å². The molecule has 2 rings (SSSR count). The number of halogens is 2. The summed E-state index contributed by atoms with van der Waals surface area (Å²) in [6.07, 6.45) is 1.98. The highest BCUT2D eigenvalue weighted by Crippen LogP contribution is 2.35. The first-order valence-corrected chi connectivity index (χ1v) is 5.88. The van der Waals surface area contributed by atoms with E-state index in [1.807, 2.05) is 4.90 Å².